The van der Waals surface area contributed by atoms with E-state index in [2.05, 4.69) is 47.1 Å². The molecule has 2 aromatic rings. The van der Waals surface area contributed by atoms with Crippen molar-refractivity contribution in [3.8, 4) is 0 Å². The molecule has 25 heavy (non-hydrogen) atoms. The van der Waals surface area contributed by atoms with E-state index in [9.17, 15) is 0 Å². The molecule has 1 saturated heterocycles. The lowest BCUT2D eigenvalue weighted by Crippen LogP contribution is -2.43. The summed E-state index contributed by atoms with van der Waals surface area (Å²) < 4.78 is 0. The number of rotatable bonds is 4. The molecule has 3 rings (SSSR count). The van der Waals surface area contributed by atoms with Crippen molar-refractivity contribution in [3.05, 3.63) is 68.7 Å². The van der Waals surface area contributed by atoms with Crippen molar-refractivity contribution in [2.45, 2.75) is 20.4 Å². The fourth-order valence-electron chi connectivity index (χ4n) is 3.05. The van der Waals surface area contributed by atoms with Gasteiger partial charge in [-0.2, -0.15) is 5.10 Å². The van der Waals surface area contributed by atoms with Crippen LogP contribution >= 0.6 is 23.2 Å². The summed E-state index contributed by atoms with van der Waals surface area (Å²) in [6, 6.07) is 12.2. The molecule has 0 radical (unpaired) electrons. The molecule has 1 heterocycles. The second-order valence-corrected chi connectivity index (χ2v) is 7.35. The van der Waals surface area contributed by atoms with Crippen molar-refractivity contribution in [2.24, 2.45) is 5.10 Å². The molecule has 2 aromatic carbocycles. The summed E-state index contributed by atoms with van der Waals surface area (Å²) in [7, 11) is 0. The van der Waals surface area contributed by atoms with Gasteiger partial charge in [-0.15, -0.1) is 0 Å². The number of hydrazone groups is 1. The molecule has 0 bridgehead atoms. The van der Waals surface area contributed by atoms with Gasteiger partial charge < -0.3 is 0 Å². The number of aryl methyl sites for hydroxylation is 2. The van der Waals surface area contributed by atoms with Crippen LogP contribution < -0.4 is 0 Å². The van der Waals surface area contributed by atoms with E-state index >= 15 is 0 Å². The van der Waals surface area contributed by atoms with Crippen LogP contribution in [0.5, 0.6) is 0 Å². The normalized spacial score (nSPS) is 15.9. The molecule has 0 aliphatic carbocycles. The Morgan fingerprint density at radius 2 is 1.68 bits per heavy atom. The highest BCUT2D eigenvalue weighted by Crippen LogP contribution is 2.22. The Kier molecular flexibility index (Phi) is 6.00. The van der Waals surface area contributed by atoms with Crippen LogP contribution in [0.3, 0.4) is 0 Å². The third-order valence-electron chi connectivity index (χ3n) is 4.59. The summed E-state index contributed by atoms with van der Waals surface area (Å²) in [6.45, 7) is 9.14. The topological polar surface area (TPSA) is 18.8 Å². The predicted molar refractivity (Wildman–Crippen MR) is 107 cm³/mol. The van der Waals surface area contributed by atoms with E-state index in [0.29, 0.717) is 10.0 Å². The van der Waals surface area contributed by atoms with Crippen molar-refractivity contribution in [2.75, 3.05) is 26.2 Å². The van der Waals surface area contributed by atoms with Crippen LogP contribution in [-0.4, -0.2) is 42.3 Å². The molecule has 1 aliphatic heterocycles. The highest BCUT2D eigenvalue weighted by molar-refractivity contribution is 6.38. The number of benzene rings is 2. The van der Waals surface area contributed by atoms with Crippen LogP contribution in [0.15, 0.2) is 41.5 Å². The summed E-state index contributed by atoms with van der Waals surface area (Å²) in [6.07, 6.45) is 1.77. The Morgan fingerprint density at radius 1 is 1.00 bits per heavy atom. The van der Waals surface area contributed by atoms with Gasteiger partial charge in [-0.25, -0.2) is 0 Å². The fraction of sp³-hybridized carbons (Fsp3) is 0.350. The Morgan fingerprint density at radius 3 is 2.32 bits per heavy atom. The van der Waals surface area contributed by atoms with Gasteiger partial charge in [0.15, 0.2) is 0 Å². The van der Waals surface area contributed by atoms with Crippen molar-refractivity contribution in [3.63, 3.8) is 0 Å². The molecule has 5 heteroatoms. The van der Waals surface area contributed by atoms with E-state index < -0.39 is 0 Å². The molecule has 0 saturated carbocycles. The minimum Gasteiger partial charge on any atom is -0.295 e. The van der Waals surface area contributed by atoms with Crippen molar-refractivity contribution < 1.29 is 0 Å². The van der Waals surface area contributed by atoms with Gasteiger partial charge in [0.2, 0.25) is 0 Å². The molecule has 0 atom stereocenters. The second-order valence-electron chi connectivity index (χ2n) is 6.54. The first-order valence-electron chi connectivity index (χ1n) is 8.54. The van der Waals surface area contributed by atoms with Crippen LogP contribution in [0, 0.1) is 13.8 Å². The third kappa shape index (κ3) is 4.75. The Balaban J connectivity index is 1.56. The molecule has 0 aromatic heterocycles. The maximum atomic E-state index is 6.18. The number of halogens is 2. The zero-order chi connectivity index (χ0) is 17.8. The molecular formula is C20H23Cl2N3. The lowest BCUT2D eigenvalue weighted by Gasteiger charge is -2.33. The summed E-state index contributed by atoms with van der Waals surface area (Å²) in [5.41, 5.74) is 4.88. The molecule has 0 N–H and O–H groups in total. The summed E-state index contributed by atoms with van der Waals surface area (Å²) in [5.74, 6) is 0. The first-order chi connectivity index (χ1) is 12.0. The Hall–Kier alpha value is -1.55. The van der Waals surface area contributed by atoms with E-state index in [1.54, 1.807) is 6.21 Å². The molecule has 0 amide bonds. The largest absolute Gasteiger partial charge is 0.295 e. The average molecular weight is 376 g/mol. The summed E-state index contributed by atoms with van der Waals surface area (Å²) in [4.78, 5) is 2.48. The maximum Gasteiger partial charge on any atom is 0.0572 e. The predicted octanol–water partition coefficient (Wildman–Crippen LogP) is 4.76. The lowest BCUT2D eigenvalue weighted by molar-refractivity contribution is 0.131. The number of piperazine rings is 1. The van der Waals surface area contributed by atoms with Crippen LogP contribution in [0.4, 0.5) is 0 Å². The molecular weight excluding hydrogens is 353 g/mol. The van der Waals surface area contributed by atoms with Crippen LogP contribution in [-0.2, 0) is 6.54 Å². The summed E-state index contributed by atoms with van der Waals surface area (Å²) >= 11 is 12.4. The highest BCUT2D eigenvalue weighted by atomic mass is 35.5. The van der Waals surface area contributed by atoms with Gasteiger partial charge >= 0.3 is 0 Å². The third-order valence-corrected chi connectivity index (χ3v) is 5.25. The summed E-state index contributed by atoms with van der Waals surface area (Å²) in [5, 5.41) is 7.90. The number of hydrogen-bond donors (Lipinski definition) is 0. The quantitative estimate of drug-likeness (QED) is 0.717. The first kappa shape index (κ1) is 18.2. The molecule has 0 spiro atoms. The zero-order valence-corrected chi connectivity index (χ0v) is 16.2. The van der Waals surface area contributed by atoms with Crippen molar-refractivity contribution in [1.29, 1.82) is 0 Å². The van der Waals surface area contributed by atoms with E-state index in [4.69, 9.17) is 23.2 Å². The maximum absolute atomic E-state index is 6.18. The first-order valence-corrected chi connectivity index (χ1v) is 9.30. The van der Waals surface area contributed by atoms with Crippen LogP contribution in [0.1, 0.15) is 22.3 Å². The SMILES string of the molecule is Cc1ccc(CN2CCN(/N=C\c3c(Cl)cccc3Cl)CC2)c(C)c1. The number of nitrogens with zero attached hydrogens (tertiary/aromatic N) is 3. The Labute approximate surface area is 159 Å². The van der Waals surface area contributed by atoms with Gasteiger partial charge in [0.05, 0.1) is 16.3 Å². The van der Waals surface area contributed by atoms with Gasteiger partial charge in [0, 0.05) is 38.3 Å². The smallest absolute Gasteiger partial charge is 0.0572 e. The Bertz CT molecular complexity index is 745. The van der Waals surface area contributed by atoms with Crippen LogP contribution in [0.25, 0.3) is 0 Å². The molecule has 3 nitrogen and oxygen atoms in total. The van der Waals surface area contributed by atoms with Gasteiger partial charge in [-0.05, 0) is 37.1 Å². The fourth-order valence-corrected chi connectivity index (χ4v) is 3.54. The van der Waals surface area contributed by atoms with Crippen molar-refractivity contribution in [1.82, 2.24) is 9.91 Å². The van der Waals surface area contributed by atoms with Gasteiger partial charge in [-0.1, -0.05) is 53.0 Å². The van der Waals surface area contributed by atoms with Gasteiger partial charge in [0.1, 0.15) is 0 Å². The molecule has 132 valence electrons. The lowest BCUT2D eigenvalue weighted by atomic mass is 10.1. The molecule has 1 fully saturated rings. The van der Waals surface area contributed by atoms with Gasteiger partial charge in [-0.3, -0.25) is 9.91 Å². The standard InChI is InChI=1S/C20H23Cl2N3/c1-15-6-7-17(16(2)12-15)14-24-8-10-25(11-9-24)23-13-18-19(21)4-3-5-20(18)22/h3-7,12-13H,8-11,14H2,1-2H3/b23-13-. The van der Waals surface area contributed by atoms with E-state index in [1.807, 2.05) is 18.2 Å². The van der Waals surface area contributed by atoms with Gasteiger partial charge in [0.25, 0.3) is 0 Å². The van der Waals surface area contributed by atoms with E-state index in [0.717, 1.165) is 38.3 Å². The minimum atomic E-state index is 0.629. The van der Waals surface area contributed by atoms with Crippen LogP contribution in [0.2, 0.25) is 10.0 Å². The number of hydrogen-bond acceptors (Lipinski definition) is 3. The van der Waals surface area contributed by atoms with E-state index in [-0.39, 0.29) is 0 Å². The average Bonchev–Trinajstić information content (AvgIpc) is 2.58. The highest BCUT2D eigenvalue weighted by Gasteiger charge is 2.16. The second kappa shape index (κ2) is 8.22. The monoisotopic (exact) mass is 375 g/mol. The molecule has 1 aliphatic rings. The van der Waals surface area contributed by atoms with Crippen molar-refractivity contribution >= 4 is 29.4 Å². The van der Waals surface area contributed by atoms with E-state index in [1.165, 1.54) is 16.7 Å². The zero-order valence-electron chi connectivity index (χ0n) is 14.7. The minimum absolute atomic E-state index is 0.629. The molecule has 0 unspecified atom stereocenters.